The first-order valence-electron chi connectivity index (χ1n) is 7.18. The summed E-state index contributed by atoms with van der Waals surface area (Å²) in [6.45, 7) is 5.23. The van der Waals surface area contributed by atoms with Gasteiger partial charge in [0.15, 0.2) is 0 Å². The van der Waals surface area contributed by atoms with E-state index in [9.17, 15) is 4.79 Å². The van der Waals surface area contributed by atoms with Crippen molar-refractivity contribution in [1.82, 2.24) is 14.7 Å². The first-order valence-corrected chi connectivity index (χ1v) is 7.18. The molecule has 1 amide bonds. The first-order chi connectivity index (χ1) is 10.2. The van der Waals surface area contributed by atoms with Crippen LogP contribution in [0.3, 0.4) is 0 Å². The molecule has 1 aromatic carbocycles. The number of carbonyl (C=O) groups is 1. The largest absolute Gasteiger partial charge is 0.447 e. The summed E-state index contributed by atoms with van der Waals surface area (Å²) in [6, 6.07) is 10.0. The molecule has 0 unspecified atom stereocenters. The minimum atomic E-state index is -0.232. The summed E-state index contributed by atoms with van der Waals surface area (Å²) in [4.78, 5) is 13.8. The fourth-order valence-corrected chi connectivity index (χ4v) is 2.66. The molecule has 5 heteroatoms. The van der Waals surface area contributed by atoms with Crippen molar-refractivity contribution in [2.75, 3.05) is 6.61 Å². The Kier molecular flexibility index (Phi) is 3.64. The molecule has 1 saturated heterocycles. The van der Waals surface area contributed by atoms with Gasteiger partial charge in [-0.05, 0) is 23.6 Å². The number of benzene rings is 1. The third-order valence-corrected chi connectivity index (χ3v) is 3.87. The second kappa shape index (κ2) is 5.60. The lowest BCUT2D eigenvalue weighted by Crippen LogP contribution is -2.36. The molecule has 2 heterocycles. The van der Waals surface area contributed by atoms with Crippen molar-refractivity contribution >= 4 is 6.09 Å². The number of amides is 1. The molecule has 1 atom stereocenters. The molecule has 5 nitrogen and oxygen atoms in total. The van der Waals surface area contributed by atoms with Gasteiger partial charge in [0.1, 0.15) is 6.61 Å². The second-order valence-electron chi connectivity index (χ2n) is 5.60. The Morgan fingerprint density at radius 1 is 1.33 bits per heavy atom. The molecule has 1 aromatic heterocycles. The topological polar surface area (TPSA) is 47.4 Å². The monoisotopic (exact) mass is 285 g/mol. The van der Waals surface area contributed by atoms with Gasteiger partial charge >= 0.3 is 6.09 Å². The summed E-state index contributed by atoms with van der Waals surface area (Å²) in [5.74, 6) is 0.369. The summed E-state index contributed by atoms with van der Waals surface area (Å²) in [7, 11) is 0. The Balaban J connectivity index is 1.90. The molecule has 21 heavy (non-hydrogen) atoms. The summed E-state index contributed by atoms with van der Waals surface area (Å²) >= 11 is 0. The maximum absolute atomic E-state index is 12.0. The Labute approximate surface area is 124 Å². The predicted molar refractivity (Wildman–Crippen MR) is 79.1 cm³/mol. The average molecular weight is 285 g/mol. The Morgan fingerprint density at radius 2 is 2.14 bits per heavy atom. The molecule has 0 spiro atoms. The van der Waals surface area contributed by atoms with Crippen LogP contribution in [0.1, 0.15) is 19.4 Å². The van der Waals surface area contributed by atoms with E-state index in [0.29, 0.717) is 19.1 Å². The Morgan fingerprint density at radius 3 is 2.86 bits per heavy atom. The van der Waals surface area contributed by atoms with Gasteiger partial charge in [-0.25, -0.2) is 9.48 Å². The number of cyclic esters (lactones) is 1. The van der Waals surface area contributed by atoms with E-state index < -0.39 is 0 Å². The van der Waals surface area contributed by atoms with Crippen molar-refractivity contribution in [3.05, 3.63) is 48.3 Å². The van der Waals surface area contributed by atoms with E-state index in [0.717, 1.165) is 11.3 Å². The number of nitrogens with zero attached hydrogens (tertiary/aromatic N) is 3. The van der Waals surface area contributed by atoms with Gasteiger partial charge in [-0.2, -0.15) is 5.10 Å². The van der Waals surface area contributed by atoms with E-state index in [-0.39, 0.29) is 12.1 Å². The third kappa shape index (κ3) is 2.63. The molecule has 0 aliphatic carbocycles. The molecule has 0 bridgehead atoms. The maximum Gasteiger partial charge on any atom is 0.410 e. The van der Waals surface area contributed by atoms with E-state index in [2.05, 4.69) is 18.9 Å². The molecule has 0 radical (unpaired) electrons. The number of ether oxygens (including phenoxy) is 1. The Hall–Kier alpha value is -2.30. The molecular weight excluding hydrogens is 266 g/mol. The summed E-state index contributed by atoms with van der Waals surface area (Å²) < 4.78 is 7.03. The highest BCUT2D eigenvalue weighted by Gasteiger charge is 2.35. The zero-order valence-corrected chi connectivity index (χ0v) is 12.3. The average Bonchev–Trinajstić information content (AvgIpc) is 3.10. The highest BCUT2D eigenvalue weighted by atomic mass is 16.6. The number of carbonyl (C=O) groups excluding carboxylic acids is 1. The first kappa shape index (κ1) is 13.7. The van der Waals surface area contributed by atoms with Crippen molar-refractivity contribution in [1.29, 1.82) is 0 Å². The van der Waals surface area contributed by atoms with Crippen LogP contribution in [0.5, 0.6) is 0 Å². The van der Waals surface area contributed by atoms with Crippen LogP contribution >= 0.6 is 0 Å². The van der Waals surface area contributed by atoms with Crippen LogP contribution in [0, 0.1) is 5.92 Å². The van der Waals surface area contributed by atoms with Crippen molar-refractivity contribution in [3.8, 4) is 5.69 Å². The van der Waals surface area contributed by atoms with Gasteiger partial charge in [0.25, 0.3) is 0 Å². The maximum atomic E-state index is 12.0. The highest BCUT2D eigenvalue weighted by molar-refractivity contribution is 5.70. The number of rotatable bonds is 4. The van der Waals surface area contributed by atoms with Gasteiger partial charge in [-0.1, -0.05) is 32.0 Å². The molecule has 110 valence electrons. The quantitative estimate of drug-likeness (QED) is 0.868. The van der Waals surface area contributed by atoms with Crippen LogP contribution in [0.4, 0.5) is 4.79 Å². The number of para-hydroxylation sites is 1. The summed E-state index contributed by atoms with van der Waals surface area (Å²) in [5, 5.41) is 4.28. The normalized spacial score (nSPS) is 18.3. The molecule has 0 saturated carbocycles. The van der Waals surface area contributed by atoms with Crippen LogP contribution in [0.2, 0.25) is 0 Å². The molecule has 1 fully saturated rings. The van der Waals surface area contributed by atoms with Crippen LogP contribution in [-0.4, -0.2) is 33.4 Å². The van der Waals surface area contributed by atoms with Crippen molar-refractivity contribution < 1.29 is 9.53 Å². The second-order valence-corrected chi connectivity index (χ2v) is 5.60. The highest BCUT2D eigenvalue weighted by Crippen LogP contribution is 2.24. The lowest BCUT2D eigenvalue weighted by atomic mass is 10.0. The molecule has 3 rings (SSSR count). The van der Waals surface area contributed by atoms with Gasteiger partial charge in [0.05, 0.1) is 18.3 Å². The van der Waals surface area contributed by atoms with Crippen molar-refractivity contribution in [3.63, 3.8) is 0 Å². The molecule has 0 N–H and O–H groups in total. The minimum Gasteiger partial charge on any atom is -0.447 e. The van der Waals surface area contributed by atoms with E-state index in [1.165, 1.54) is 0 Å². The van der Waals surface area contributed by atoms with Gasteiger partial charge in [0, 0.05) is 12.4 Å². The lowest BCUT2D eigenvalue weighted by Gasteiger charge is -2.25. The van der Waals surface area contributed by atoms with Crippen LogP contribution in [0.15, 0.2) is 42.7 Å². The fraction of sp³-hybridized carbons (Fsp3) is 0.375. The van der Waals surface area contributed by atoms with Gasteiger partial charge in [-0.15, -0.1) is 0 Å². The van der Waals surface area contributed by atoms with E-state index in [4.69, 9.17) is 4.74 Å². The van der Waals surface area contributed by atoms with Crippen LogP contribution in [-0.2, 0) is 11.3 Å². The molecular formula is C16H19N3O2. The van der Waals surface area contributed by atoms with E-state index >= 15 is 0 Å². The summed E-state index contributed by atoms with van der Waals surface area (Å²) in [5.41, 5.74) is 2.05. The van der Waals surface area contributed by atoms with E-state index in [1.54, 1.807) is 6.20 Å². The van der Waals surface area contributed by atoms with Crippen LogP contribution in [0.25, 0.3) is 5.69 Å². The third-order valence-electron chi connectivity index (χ3n) is 3.87. The SMILES string of the molecule is CC(C)[C@H]1COC(=O)N1Cc1ccccc1-n1cccn1. The van der Waals surface area contributed by atoms with E-state index in [1.807, 2.05) is 46.1 Å². The van der Waals surface area contributed by atoms with Gasteiger partial charge in [0.2, 0.25) is 0 Å². The zero-order chi connectivity index (χ0) is 14.8. The van der Waals surface area contributed by atoms with Crippen molar-refractivity contribution in [2.45, 2.75) is 26.4 Å². The lowest BCUT2D eigenvalue weighted by molar-refractivity contribution is 0.155. The summed E-state index contributed by atoms with van der Waals surface area (Å²) in [6.07, 6.45) is 3.42. The smallest absolute Gasteiger partial charge is 0.410 e. The fourth-order valence-electron chi connectivity index (χ4n) is 2.66. The molecule has 1 aliphatic rings. The predicted octanol–water partition coefficient (Wildman–Crippen LogP) is 2.85. The van der Waals surface area contributed by atoms with Crippen molar-refractivity contribution in [2.24, 2.45) is 5.92 Å². The number of aromatic nitrogens is 2. The van der Waals surface area contributed by atoms with Crippen LogP contribution < -0.4 is 0 Å². The minimum absolute atomic E-state index is 0.128. The molecule has 2 aromatic rings. The zero-order valence-electron chi connectivity index (χ0n) is 12.3. The molecule has 1 aliphatic heterocycles. The van der Waals surface area contributed by atoms with Gasteiger partial charge in [-0.3, -0.25) is 4.90 Å². The number of hydrogen-bond donors (Lipinski definition) is 0. The standard InChI is InChI=1S/C16H19N3O2/c1-12(2)15-11-21-16(20)18(15)10-13-6-3-4-7-14(13)19-9-5-8-17-19/h3-9,12,15H,10-11H2,1-2H3/t15-/m1/s1. The Bertz CT molecular complexity index is 622. The number of hydrogen-bond acceptors (Lipinski definition) is 3. The van der Waals surface area contributed by atoms with Gasteiger partial charge < -0.3 is 4.74 Å².